The third kappa shape index (κ3) is 1.52. The van der Waals surface area contributed by atoms with Crippen LogP contribution in [0.5, 0.6) is 0 Å². The molecule has 72 valence electrons. The highest BCUT2D eigenvalue weighted by Crippen LogP contribution is 2.50. The maximum Gasteiger partial charge on any atom is 0.0545 e. The van der Waals surface area contributed by atoms with Crippen molar-refractivity contribution in [3.05, 3.63) is 10.4 Å². The van der Waals surface area contributed by atoms with Gasteiger partial charge in [0.2, 0.25) is 0 Å². The van der Waals surface area contributed by atoms with Crippen molar-refractivity contribution in [3.63, 3.8) is 0 Å². The summed E-state index contributed by atoms with van der Waals surface area (Å²) in [7, 11) is 0. The quantitative estimate of drug-likeness (QED) is 0.376. The van der Waals surface area contributed by atoms with E-state index in [9.17, 15) is 5.11 Å². The number of aliphatic hydroxyl groups is 1. The molecule has 0 saturated heterocycles. The van der Waals surface area contributed by atoms with Crippen LogP contribution in [0.25, 0.3) is 10.4 Å². The summed E-state index contributed by atoms with van der Waals surface area (Å²) < 4.78 is 0. The Labute approximate surface area is 77.6 Å². The van der Waals surface area contributed by atoms with E-state index in [0.717, 1.165) is 25.7 Å². The van der Waals surface area contributed by atoms with E-state index in [2.05, 4.69) is 10.0 Å². The van der Waals surface area contributed by atoms with E-state index in [4.69, 9.17) is 5.53 Å². The van der Waals surface area contributed by atoms with Crippen molar-refractivity contribution >= 4 is 0 Å². The van der Waals surface area contributed by atoms with Gasteiger partial charge in [-0.2, -0.15) is 0 Å². The topological polar surface area (TPSA) is 69.0 Å². The van der Waals surface area contributed by atoms with Crippen LogP contribution in [0.15, 0.2) is 5.11 Å². The fraction of sp³-hybridized carbons (Fsp3) is 1.00. The normalized spacial score (nSPS) is 48.6. The number of aliphatic hydroxyl groups excluding tert-OH is 1. The molecule has 0 bridgehead atoms. The molecule has 0 heterocycles. The lowest BCUT2D eigenvalue weighted by atomic mass is 9.97. The minimum absolute atomic E-state index is 0.106. The van der Waals surface area contributed by atoms with Gasteiger partial charge < -0.3 is 5.11 Å². The number of hydrogen-bond acceptors (Lipinski definition) is 2. The summed E-state index contributed by atoms with van der Waals surface area (Å²) in [6.45, 7) is 2.03. The third-order valence-electron chi connectivity index (χ3n) is 3.51. The van der Waals surface area contributed by atoms with Gasteiger partial charge in [-0.1, -0.05) is 12.0 Å². The molecule has 0 amide bonds. The second kappa shape index (κ2) is 2.89. The Morgan fingerprint density at radius 3 is 2.38 bits per heavy atom. The lowest BCUT2D eigenvalue weighted by Crippen LogP contribution is -2.18. The van der Waals surface area contributed by atoms with Crippen molar-refractivity contribution in [2.75, 3.05) is 0 Å². The highest BCUT2D eigenvalue weighted by molar-refractivity contribution is 5.01. The zero-order chi connectivity index (χ0) is 9.47. The molecule has 4 heteroatoms. The second-order valence-corrected chi connectivity index (χ2v) is 4.74. The summed E-state index contributed by atoms with van der Waals surface area (Å²) in [5.74, 6) is 1.18. The van der Waals surface area contributed by atoms with Gasteiger partial charge in [-0.05, 0) is 43.1 Å². The fourth-order valence-corrected chi connectivity index (χ4v) is 3.08. The molecule has 0 aromatic heterocycles. The predicted molar refractivity (Wildman–Crippen MR) is 49.0 cm³/mol. The molecule has 0 radical (unpaired) electrons. The molecule has 4 atom stereocenters. The first-order valence-corrected chi connectivity index (χ1v) is 4.87. The van der Waals surface area contributed by atoms with E-state index < -0.39 is 0 Å². The molecule has 1 N–H and O–H groups in total. The Kier molecular flexibility index (Phi) is 1.97. The summed E-state index contributed by atoms with van der Waals surface area (Å²) in [5.41, 5.74) is 8.24. The number of hydrogen-bond donors (Lipinski definition) is 1. The van der Waals surface area contributed by atoms with Gasteiger partial charge in [-0.15, -0.1) is 0 Å². The zero-order valence-electron chi connectivity index (χ0n) is 7.85. The Morgan fingerprint density at radius 1 is 1.38 bits per heavy atom. The van der Waals surface area contributed by atoms with Crippen LogP contribution in [-0.2, 0) is 0 Å². The van der Waals surface area contributed by atoms with Crippen molar-refractivity contribution in [1.29, 1.82) is 0 Å². The Balaban J connectivity index is 2.08. The second-order valence-electron chi connectivity index (χ2n) is 4.74. The number of rotatable bonds is 1. The summed E-state index contributed by atoms with van der Waals surface area (Å²) >= 11 is 0. The van der Waals surface area contributed by atoms with E-state index in [0.29, 0.717) is 11.8 Å². The van der Waals surface area contributed by atoms with Crippen LogP contribution in [0.4, 0.5) is 0 Å². The first kappa shape index (κ1) is 8.85. The molecular formula is C9H15N3O. The van der Waals surface area contributed by atoms with Crippen LogP contribution < -0.4 is 0 Å². The maximum absolute atomic E-state index is 9.43. The molecule has 4 nitrogen and oxygen atoms in total. The van der Waals surface area contributed by atoms with E-state index in [1.54, 1.807) is 0 Å². The summed E-state index contributed by atoms with van der Waals surface area (Å²) in [6.07, 6.45) is 3.62. The third-order valence-corrected chi connectivity index (χ3v) is 3.51. The lowest BCUT2D eigenvalue weighted by Gasteiger charge is -2.17. The minimum Gasteiger partial charge on any atom is -0.393 e. The van der Waals surface area contributed by atoms with Gasteiger partial charge in [-0.3, -0.25) is 0 Å². The highest BCUT2D eigenvalue weighted by atomic mass is 16.3. The van der Waals surface area contributed by atoms with Crippen LogP contribution >= 0.6 is 0 Å². The van der Waals surface area contributed by atoms with Crippen LogP contribution in [0.2, 0.25) is 0 Å². The minimum atomic E-state index is -0.176. The molecule has 1 unspecified atom stereocenters. The van der Waals surface area contributed by atoms with Crippen LogP contribution in [-0.4, -0.2) is 16.7 Å². The van der Waals surface area contributed by atoms with Gasteiger partial charge in [-0.25, -0.2) is 0 Å². The fourth-order valence-electron chi connectivity index (χ4n) is 3.08. The van der Waals surface area contributed by atoms with Gasteiger partial charge in [0.1, 0.15) is 0 Å². The van der Waals surface area contributed by atoms with Crippen LogP contribution in [0.3, 0.4) is 0 Å². The molecule has 2 rings (SSSR count). The van der Waals surface area contributed by atoms with Crippen LogP contribution in [0, 0.1) is 11.8 Å². The van der Waals surface area contributed by atoms with Gasteiger partial charge in [0.05, 0.1) is 6.10 Å². The summed E-state index contributed by atoms with van der Waals surface area (Å²) in [5, 5.41) is 13.3. The van der Waals surface area contributed by atoms with Crippen molar-refractivity contribution in [2.24, 2.45) is 17.0 Å². The molecular weight excluding hydrogens is 166 g/mol. The Bertz CT molecular complexity index is 246. The summed E-state index contributed by atoms with van der Waals surface area (Å²) in [6, 6.07) is 0. The van der Waals surface area contributed by atoms with Crippen molar-refractivity contribution in [1.82, 2.24) is 0 Å². The lowest BCUT2D eigenvalue weighted by molar-refractivity contribution is 0.167. The Hall–Kier alpha value is -0.730. The average molecular weight is 181 g/mol. The molecule has 0 aliphatic heterocycles. The largest absolute Gasteiger partial charge is 0.393 e. The van der Waals surface area contributed by atoms with E-state index in [1.165, 1.54) is 0 Å². The van der Waals surface area contributed by atoms with Gasteiger partial charge in [0, 0.05) is 10.5 Å². The van der Waals surface area contributed by atoms with Gasteiger partial charge in [0.15, 0.2) is 0 Å². The first-order valence-electron chi connectivity index (χ1n) is 4.87. The molecule has 13 heavy (non-hydrogen) atoms. The average Bonchev–Trinajstić information content (AvgIpc) is 2.41. The Morgan fingerprint density at radius 2 is 1.92 bits per heavy atom. The number of fused-ring (bicyclic) bond motifs is 1. The molecule has 2 saturated carbocycles. The number of nitrogens with zero attached hydrogens (tertiary/aromatic N) is 3. The smallest absolute Gasteiger partial charge is 0.0545 e. The molecule has 0 aromatic carbocycles. The van der Waals surface area contributed by atoms with Crippen molar-refractivity contribution in [3.8, 4) is 0 Å². The van der Waals surface area contributed by atoms with Gasteiger partial charge >= 0.3 is 0 Å². The summed E-state index contributed by atoms with van der Waals surface area (Å²) in [4.78, 5) is 2.90. The van der Waals surface area contributed by atoms with Crippen LogP contribution in [0.1, 0.15) is 32.6 Å². The molecule has 2 aliphatic carbocycles. The van der Waals surface area contributed by atoms with E-state index in [-0.39, 0.29) is 11.6 Å². The highest BCUT2D eigenvalue weighted by Gasteiger charge is 2.46. The van der Waals surface area contributed by atoms with Crippen molar-refractivity contribution in [2.45, 2.75) is 44.2 Å². The SMILES string of the molecule is C[C@@]1(N=[N+]=[N-])C[C@H]2CC(O)C[C@H]2C1. The molecule has 2 fully saturated rings. The van der Waals surface area contributed by atoms with E-state index >= 15 is 0 Å². The zero-order valence-corrected chi connectivity index (χ0v) is 7.85. The molecule has 2 aliphatic rings. The van der Waals surface area contributed by atoms with Gasteiger partial charge in [0.25, 0.3) is 0 Å². The predicted octanol–water partition coefficient (Wildman–Crippen LogP) is 2.24. The van der Waals surface area contributed by atoms with Crippen molar-refractivity contribution < 1.29 is 5.11 Å². The number of azide groups is 1. The standard InChI is InChI=1S/C9H15N3O/c1-9(11-12-10)4-6-2-8(13)3-7(6)5-9/h6-8,13H,2-5H2,1H3/t6-,7+,8?,9-. The molecule has 0 aromatic rings. The monoisotopic (exact) mass is 181 g/mol. The first-order chi connectivity index (χ1) is 6.13. The van der Waals surface area contributed by atoms with E-state index in [1.807, 2.05) is 6.92 Å². The molecule has 0 spiro atoms. The maximum atomic E-state index is 9.43.